The van der Waals surface area contributed by atoms with E-state index in [1.54, 1.807) is 6.07 Å². The number of nitro benzene ring substituents is 1. The van der Waals surface area contributed by atoms with Gasteiger partial charge in [0.1, 0.15) is 0 Å². The van der Waals surface area contributed by atoms with E-state index in [2.05, 4.69) is 12.2 Å². The minimum absolute atomic E-state index is 0.0174. The summed E-state index contributed by atoms with van der Waals surface area (Å²) in [5.41, 5.74) is 0.202. The first-order valence-corrected chi connectivity index (χ1v) is 6.26. The van der Waals surface area contributed by atoms with Gasteiger partial charge in [-0.05, 0) is 31.4 Å². The Morgan fingerprint density at radius 1 is 1.47 bits per heavy atom. The van der Waals surface area contributed by atoms with Gasteiger partial charge in [-0.15, -0.1) is 0 Å². The van der Waals surface area contributed by atoms with E-state index in [1.807, 2.05) is 0 Å². The Labute approximate surface area is 110 Å². The van der Waals surface area contributed by atoms with Gasteiger partial charge in [0.05, 0.1) is 4.92 Å². The second kappa shape index (κ2) is 5.63. The summed E-state index contributed by atoms with van der Waals surface area (Å²) >= 11 is 0. The van der Waals surface area contributed by atoms with Gasteiger partial charge in [-0.25, -0.2) is 0 Å². The zero-order valence-corrected chi connectivity index (χ0v) is 10.8. The molecule has 104 valence electrons. The molecule has 0 radical (unpaired) electrons. The molecule has 19 heavy (non-hydrogen) atoms. The molecule has 1 heterocycles. The second-order valence-corrected chi connectivity index (χ2v) is 5.07. The molecule has 1 aliphatic heterocycles. The third kappa shape index (κ3) is 3.48. The molecule has 0 unspecified atom stereocenters. The van der Waals surface area contributed by atoms with Crippen molar-refractivity contribution < 1.29 is 14.1 Å². The van der Waals surface area contributed by atoms with Gasteiger partial charge in [0.15, 0.2) is 0 Å². The Bertz CT molecular complexity index is 473. The van der Waals surface area contributed by atoms with E-state index in [9.17, 15) is 14.5 Å². The highest BCUT2D eigenvalue weighted by atomic mass is 19.1. The highest BCUT2D eigenvalue weighted by Crippen LogP contribution is 2.22. The summed E-state index contributed by atoms with van der Waals surface area (Å²) in [7, 11) is 0. The third-order valence-corrected chi connectivity index (χ3v) is 3.52. The Morgan fingerprint density at radius 2 is 2.16 bits per heavy atom. The standard InChI is InChI=1S/C13H17FN2O3/c1-13(4-6-19-7-5-13)15-9-10-2-3-12(16(17)18)11(14)8-10/h2-3,8,15H,4-7,9H2,1H3. The molecule has 0 bridgehead atoms. The van der Waals surface area contributed by atoms with Crippen LogP contribution < -0.4 is 5.32 Å². The van der Waals surface area contributed by atoms with Crippen LogP contribution in [0.4, 0.5) is 10.1 Å². The van der Waals surface area contributed by atoms with Gasteiger partial charge in [-0.2, -0.15) is 4.39 Å². The van der Waals surface area contributed by atoms with Gasteiger partial charge in [0.2, 0.25) is 5.82 Å². The highest BCUT2D eigenvalue weighted by molar-refractivity contribution is 5.35. The van der Waals surface area contributed by atoms with E-state index in [4.69, 9.17) is 4.74 Å². The molecule has 0 spiro atoms. The van der Waals surface area contributed by atoms with Crippen molar-refractivity contribution in [1.82, 2.24) is 5.32 Å². The molecular formula is C13H17FN2O3. The third-order valence-electron chi connectivity index (χ3n) is 3.52. The second-order valence-electron chi connectivity index (χ2n) is 5.07. The zero-order valence-electron chi connectivity index (χ0n) is 10.8. The predicted molar refractivity (Wildman–Crippen MR) is 68.4 cm³/mol. The summed E-state index contributed by atoms with van der Waals surface area (Å²) in [6, 6.07) is 4.00. The minimum atomic E-state index is -0.790. The van der Waals surface area contributed by atoms with Gasteiger partial charge < -0.3 is 10.1 Å². The molecule has 0 atom stereocenters. The van der Waals surface area contributed by atoms with Crippen LogP contribution >= 0.6 is 0 Å². The lowest BCUT2D eigenvalue weighted by molar-refractivity contribution is -0.387. The van der Waals surface area contributed by atoms with Gasteiger partial charge in [-0.1, -0.05) is 6.07 Å². The van der Waals surface area contributed by atoms with Crippen molar-refractivity contribution in [3.63, 3.8) is 0 Å². The first-order chi connectivity index (χ1) is 9.00. The van der Waals surface area contributed by atoms with E-state index in [0.29, 0.717) is 12.1 Å². The van der Waals surface area contributed by atoms with Crippen molar-refractivity contribution in [2.75, 3.05) is 13.2 Å². The zero-order chi connectivity index (χ0) is 13.9. The fourth-order valence-corrected chi connectivity index (χ4v) is 2.12. The summed E-state index contributed by atoms with van der Waals surface area (Å²) in [5, 5.41) is 13.9. The van der Waals surface area contributed by atoms with Gasteiger partial charge in [0.25, 0.3) is 0 Å². The van der Waals surface area contributed by atoms with Crippen LogP contribution in [0.1, 0.15) is 25.3 Å². The average molecular weight is 268 g/mol. The van der Waals surface area contributed by atoms with E-state index in [-0.39, 0.29) is 5.54 Å². The first kappa shape index (κ1) is 13.9. The van der Waals surface area contributed by atoms with E-state index in [0.717, 1.165) is 26.1 Å². The lowest BCUT2D eigenvalue weighted by atomic mass is 9.92. The molecule has 1 aromatic rings. The van der Waals surface area contributed by atoms with Crippen LogP contribution in [0.3, 0.4) is 0 Å². The van der Waals surface area contributed by atoms with E-state index >= 15 is 0 Å². The fraction of sp³-hybridized carbons (Fsp3) is 0.538. The number of nitrogens with zero attached hydrogens (tertiary/aromatic N) is 1. The van der Waals surface area contributed by atoms with Crippen molar-refractivity contribution in [2.45, 2.75) is 31.8 Å². The number of hydrogen-bond acceptors (Lipinski definition) is 4. The monoisotopic (exact) mass is 268 g/mol. The molecule has 0 aromatic heterocycles. The molecule has 1 aliphatic rings. The smallest absolute Gasteiger partial charge is 0.304 e. The largest absolute Gasteiger partial charge is 0.381 e. The van der Waals surface area contributed by atoms with Crippen LogP contribution in [-0.2, 0) is 11.3 Å². The average Bonchev–Trinajstić information content (AvgIpc) is 2.37. The SMILES string of the molecule is CC1(NCc2ccc([N+](=O)[O-])c(F)c2)CCOCC1. The van der Waals surface area contributed by atoms with Gasteiger partial charge >= 0.3 is 5.69 Å². The lowest BCUT2D eigenvalue weighted by Gasteiger charge is -2.34. The Hall–Kier alpha value is -1.53. The Balaban J connectivity index is 2.00. The number of benzene rings is 1. The highest BCUT2D eigenvalue weighted by Gasteiger charge is 2.26. The van der Waals surface area contributed by atoms with Crippen LogP contribution in [-0.4, -0.2) is 23.7 Å². The minimum Gasteiger partial charge on any atom is -0.381 e. The van der Waals surface area contributed by atoms with Crippen LogP contribution in [0, 0.1) is 15.9 Å². The molecule has 5 nitrogen and oxygen atoms in total. The van der Waals surface area contributed by atoms with Crippen LogP contribution in [0.25, 0.3) is 0 Å². The normalized spacial score (nSPS) is 18.2. The molecule has 2 rings (SSSR count). The summed E-state index contributed by atoms with van der Waals surface area (Å²) < 4.78 is 18.8. The van der Waals surface area contributed by atoms with Crippen LogP contribution in [0.2, 0.25) is 0 Å². The van der Waals surface area contributed by atoms with Crippen LogP contribution in [0.5, 0.6) is 0 Å². The van der Waals surface area contributed by atoms with Crippen molar-refractivity contribution in [2.24, 2.45) is 0 Å². The summed E-state index contributed by atoms with van der Waals surface area (Å²) in [6.07, 6.45) is 1.81. The molecule has 1 saturated heterocycles. The molecule has 6 heteroatoms. The molecular weight excluding hydrogens is 251 g/mol. The molecule has 1 aromatic carbocycles. The van der Waals surface area contributed by atoms with Gasteiger partial charge in [-0.3, -0.25) is 10.1 Å². The number of nitrogens with one attached hydrogen (secondary N) is 1. The summed E-state index contributed by atoms with van der Waals surface area (Å²) in [4.78, 5) is 9.81. The first-order valence-electron chi connectivity index (χ1n) is 6.26. The molecule has 0 amide bonds. The van der Waals surface area contributed by atoms with Gasteiger partial charge in [0, 0.05) is 31.4 Å². The van der Waals surface area contributed by atoms with E-state index < -0.39 is 16.4 Å². The molecule has 0 saturated carbocycles. The fourth-order valence-electron chi connectivity index (χ4n) is 2.12. The number of nitro groups is 1. The maximum Gasteiger partial charge on any atom is 0.304 e. The summed E-state index contributed by atoms with van der Waals surface area (Å²) in [5.74, 6) is -0.790. The number of rotatable bonds is 4. The topological polar surface area (TPSA) is 64.4 Å². The maximum atomic E-state index is 13.5. The number of hydrogen-bond donors (Lipinski definition) is 1. The number of ether oxygens (including phenoxy) is 1. The van der Waals surface area contributed by atoms with Crippen LogP contribution in [0.15, 0.2) is 18.2 Å². The maximum absolute atomic E-state index is 13.5. The number of halogens is 1. The molecule has 0 aliphatic carbocycles. The Kier molecular flexibility index (Phi) is 4.11. The van der Waals surface area contributed by atoms with Crippen molar-refractivity contribution in [3.05, 3.63) is 39.7 Å². The summed E-state index contributed by atoms with van der Waals surface area (Å²) in [6.45, 7) is 4.04. The van der Waals surface area contributed by atoms with Crippen molar-refractivity contribution in [3.8, 4) is 0 Å². The quantitative estimate of drug-likeness (QED) is 0.672. The lowest BCUT2D eigenvalue weighted by Crippen LogP contribution is -2.46. The molecule has 1 fully saturated rings. The Morgan fingerprint density at radius 3 is 2.74 bits per heavy atom. The van der Waals surface area contributed by atoms with Crippen molar-refractivity contribution in [1.29, 1.82) is 0 Å². The predicted octanol–water partition coefficient (Wildman–Crippen LogP) is 2.39. The van der Waals surface area contributed by atoms with Crippen molar-refractivity contribution >= 4 is 5.69 Å². The van der Waals surface area contributed by atoms with E-state index in [1.165, 1.54) is 12.1 Å². The molecule has 1 N–H and O–H groups in total.